The van der Waals surface area contributed by atoms with Gasteiger partial charge in [0.15, 0.2) is 5.78 Å². The summed E-state index contributed by atoms with van der Waals surface area (Å²) >= 11 is 0. The highest BCUT2D eigenvalue weighted by molar-refractivity contribution is 6.44. The van der Waals surface area contributed by atoms with E-state index in [0.29, 0.717) is 30.6 Å². The molecule has 2 aromatic carbocycles. The van der Waals surface area contributed by atoms with E-state index in [0.717, 1.165) is 0 Å². The summed E-state index contributed by atoms with van der Waals surface area (Å²) in [5.41, 5.74) is 0.934. The van der Waals surface area contributed by atoms with Gasteiger partial charge in [0.1, 0.15) is 11.7 Å². The number of carbonyl (C=O) groups excluding carboxylic acids is 3. The molecule has 1 amide bonds. The number of hydrogen-bond donors (Lipinski definition) is 0. The van der Waals surface area contributed by atoms with E-state index >= 15 is 0 Å². The van der Waals surface area contributed by atoms with Crippen LogP contribution < -0.4 is 0 Å². The summed E-state index contributed by atoms with van der Waals surface area (Å²) in [5, 5.41) is 0. The van der Waals surface area contributed by atoms with E-state index in [9.17, 15) is 18.8 Å². The second-order valence-corrected chi connectivity index (χ2v) is 7.22. The van der Waals surface area contributed by atoms with Crippen LogP contribution in [0.3, 0.4) is 0 Å². The fourth-order valence-corrected chi connectivity index (χ4v) is 3.88. The van der Waals surface area contributed by atoms with Crippen molar-refractivity contribution in [3.63, 3.8) is 0 Å². The van der Waals surface area contributed by atoms with Gasteiger partial charge in [-0.3, -0.25) is 14.4 Å². The van der Waals surface area contributed by atoms with Crippen LogP contribution in [0.15, 0.2) is 73.3 Å². The molecule has 0 radical (unpaired) electrons. The van der Waals surface area contributed by atoms with Gasteiger partial charge in [-0.25, -0.2) is 9.37 Å². The molecule has 2 atom stereocenters. The van der Waals surface area contributed by atoms with Crippen LogP contribution in [0.4, 0.5) is 4.39 Å². The molecule has 3 aromatic rings. The normalized spacial score (nSPS) is 18.8. The topological polar surface area (TPSA) is 72.3 Å². The number of halogens is 1. The number of benzene rings is 2. The lowest BCUT2D eigenvalue weighted by Crippen LogP contribution is -2.32. The maximum absolute atomic E-state index is 13.5. The first-order valence-corrected chi connectivity index (χ1v) is 9.71. The highest BCUT2D eigenvalue weighted by atomic mass is 19.1. The Bertz CT molecular complexity index is 1050. The van der Waals surface area contributed by atoms with Crippen molar-refractivity contribution < 1.29 is 18.8 Å². The zero-order valence-electron chi connectivity index (χ0n) is 16.1. The zero-order valence-corrected chi connectivity index (χ0v) is 16.1. The summed E-state index contributed by atoms with van der Waals surface area (Å²) in [6.07, 6.45) is 5.74. The van der Waals surface area contributed by atoms with Gasteiger partial charge in [-0.2, -0.15) is 0 Å². The van der Waals surface area contributed by atoms with Crippen LogP contribution in [-0.2, 0) is 16.1 Å². The molecule has 6 nitrogen and oxygen atoms in total. The standard InChI is InChI=1S/C23H20FN3O3/c24-18-9-7-16(8-10-18)20-19(21(28)17-5-2-1-3-6-17)22(29)23(30)27(20)13-4-12-26-14-11-25-15-26/h1-3,5-11,14-15,19-20H,4,12-13H2. The van der Waals surface area contributed by atoms with Crippen molar-refractivity contribution in [2.45, 2.75) is 19.0 Å². The molecule has 7 heteroatoms. The first-order valence-electron chi connectivity index (χ1n) is 9.71. The molecule has 1 fully saturated rings. The van der Waals surface area contributed by atoms with Gasteiger partial charge in [0, 0.05) is 31.0 Å². The molecule has 1 aromatic heterocycles. The van der Waals surface area contributed by atoms with Crippen LogP contribution in [0.2, 0.25) is 0 Å². The number of likely N-dealkylation sites (tertiary alicyclic amines) is 1. The van der Waals surface area contributed by atoms with Crippen molar-refractivity contribution in [3.8, 4) is 0 Å². The molecule has 152 valence electrons. The fraction of sp³-hybridized carbons (Fsp3) is 0.217. The van der Waals surface area contributed by atoms with Crippen LogP contribution in [0.1, 0.15) is 28.4 Å². The van der Waals surface area contributed by atoms with Gasteiger partial charge >= 0.3 is 0 Å². The maximum Gasteiger partial charge on any atom is 0.291 e. The molecular formula is C23H20FN3O3. The summed E-state index contributed by atoms with van der Waals surface area (Å²) in [5.74, 6) is -3.38. The Balaban J connectivity index is 1.65. The Morgan fingerprint density at radius 3 is 2.40 bits per heavy atom. The quantitative estimate of drug-likeness (QED) is 0.344. The number of aromatic nitrogens is 2. The molecule has 4 rings (SSSR count). The number of rotatable bonds is 7. The van der Waals surface area contributed by atoms with Crippen molar-refractivity contribution in [3.05, 3.63) is 90.3 Å². The minimum absolute atomic E-state index is 0.295. The van der Waals surface area contributed by atoms with Gasteiger partial charge in [-0.05, 0) is 24.1 Å². The Morgan fingerprint density at radius 2 is 1.73 bits per heavy atom. The van der Waals surface area contributed by atoms with E-state index in [4.69, 9.17) is 0 Å². The fourth-order valence-electron chi connectivity index (χ4n) is 3.88. The summed E-state index contributed by atoms with van der Waals surface area (Å²) in [7, 11) is 0. The first kappa shape index (κ1) is 19.7. The minimum atomic E-state index is -1.15. The Kier molecular flexibility index (Phi) is 5.52. The number of Topliss-reactive ketones (excluding diaryl/α,β-unsaturated/α-hetero) is 2. The molecule has 1 saturated heterocycles. The van der Waals surface area contributed by atoms with Gasteiger partial charge in [0.05, 0.1) is 12.4 Å². The smallest absolute Gasteiger partial charge is 0.291 e. The molecule has 30 heavy (non-hydrogen) atoms. The SMILES string of the molecule is O=C1C(=O)N(CCCn2ccnc2)C(c2ccc(F)cc2)C1C(=O)c1ccccc1. The average molecular weight is 405 g/mol. The third-order valence-corrected chi connectivity index (χ3v) is 5.33. The monoisotopic (exact) mass is 405 g/mol. The van der Waals surface area contributed by atoms with Crippen molar-refractivity contribution in [2.75, 3.05) is 6.54 Å². The maximum atomic E-state index is 13.5. The molecule has 2 heterocycles. The van der Waals surface area contributed by atoms with Crippen molar-refractivity contribution in [1.29, 1.82) is 0 Å². The predicted octanol–water partition coefficient (Wildman–Crippen LogP) is 3.06. The third-order valence-electron chi connectivity index (χ3n) is 5.33. The van der Waals surface area contributed by atoms with E-state index < -0.39 is 35.3 Å². The van der Waals surface area contributed by atoms with Gasteiger partial charge < -0.3 is 9.47 Å². The lowest BCUT2D eigenvalue weighted by Gasteiger charge is -2.27. The number of aryl methyl sites for hydroxylation is 1. The van der Waals surface area contributed by atoms with E-state index in [1.807, 2.05) is 10.8 Å². The third kappa shape index (κ3) is 3.78. The van der Waals surface area contributed by atoms with Gasteiger partial charge in [0.2, 0.25) is 5.78 Å². The Morgan fingerprint density at radius 1 is 1.00 bits per heavy atom. The first-order chi connectivity index (χ1) is 14.6. The van der Waals surface area contributed by atoms with Crippen LogP contribution in [0, 0.1) is 11.7 Å². The molecule has 0 bridgehead atoms. The van der Waals surface area contributed by atoms with Crippen LogP contribution in [-0.4, -0.2) is 38.5 Å². The van der Waals surface area contributed by atoms with Gasteiger partial charge in [-0.1, -0.05) is 42.5 Å². The van der Waals surface area contributed by atoms with E-state index in [1.54, 1.807) is 42.9 Å². The lowest BCUT2D eigenvalue weighted by molar-refractivity contribution is -0.140. The largest absolute Gasteiger partial charge is 0.337 e. The number of ketones is 2. The molecule has 1 aliphatic rings. The van der Waals surface area contributed by atoms with Crippen LogP contribution in [0.25, 0.3) is 0 Å². The van der Waals surface area contributed by atoms with Crippen LogP contribution >= 0.6 is 0 Å². The molecule has 0 aliphatic carbocycles. The number of imidazole rings is 1. The molecule has 1 aliphatic heterocycles. The molecule has 0 N–H and O–H groups in total. The van der Waals surface area contributed by atoms with Crippen LogP contribution in [0.5, 0.6) is 0 Å². The Labute approximate surface area is 173 Å². The van der Waals surface area contributed by atoms with Crippen molar-refractivity contribution in [2.24, 2.45) is 5.92 Å². The number of nitrogens with zero attached hydrogens (tertiary/aromatic N) is 3. The molecule has 0 spiro atoms. The molecule has 0 saturated carbocycles. The summed E-state index contributed by atoms with van der Waals surface area (Å²) < 4.78 is 15.4. The highest BCUT2D eigenvalue weighted by Gasteiger charge is 2.51. The number of amides is 1. The molecular weight excluding hydrogens is 385 g/mol. The minimum Gasteiger partial charge on any atom is -0.337 e. The van der Waals surface area contributed by atoms with Gasteiger partial charge in [-0.15, -0.1) is 0 Å². The lowest BCUT2D eigenvalue weighted by atomic mass is 9.86. The molecule has 2 unspecified atom stereocenters. The number of carbonyl (C=O) groups is 3. The van der Waals surface area contributed by atoms with Gasteiger partial charge in [0.25, 0.3) is 5.91 Å². The van der Waals surface area contributed by atoms with Crippen molar-refractivity contribution >= 4 is 17.5 Å². The summed E-state index contributed by atoms with van der Waals surface area (Å²) in [6, 6.07) is 13.3. The second-order valence-electron chi connectivity index (χ2n) is 7.22. The summed E-state index contributed by atoms with van der Waals surface area (Å²) in [4.78, 5) is 44.3. The predicted molar refractivity (Wildman–Crippen MR) is 107 cm³/mol. The highest BCUT2D eigenvalue weighted by Crippen LogP contribution is 2.38. The van der Waals surface area contributed by atoms with E-state index in [2.05, 4.69) is 4.98 Å². The summed E-state index contributed by atoms with van der Waals surface area (Å²) in [6.45, 7) is 0.911. The second kappa shape index (κ2) is 8.41. The Hall–Kier alpha value is -3.61. The van der Waals surface area contributed by atoms with E-state index in [-0.39, 0.29) is 0 Å². The number of hydrogen-bond acceptors (Lipinski definition) is 4. The zero-order chi connectivity index (χ0) is 21.1. The average Bonchev–Trinajstić information content (AvgIpc) is 3.37. The van der Waals surface area contributed by atoms with Crippen molar-refractivity contribution in [1.82, 2.24) is 14.5 Å². The van der Waals surface area contributed by atoms with E-state index in [1.165, 1.54) is 29.2 Å².